The molecule has 0 amide bonds. The fourth-order valence-electron chi connectivity index (χ4n) is 1.57. The van der Waals surface area contributed by atoms with Crippen molar-refractivity contribution in [1.82, 2.24) is 5.32 Å². The van der Waals surface area contributed by atoms with Gasteiger partial charge in [0.05, 0.1) is 25.4 Å². The van der Waals surface area contributed by atoms with E-state index < -0.39 is 0 Å². The van der Waals surface area contributed by atoms with Gasteiger partial charge in [-0.25, -0.2) is 0 Å². The van der Waals surface area contributed by atoms with Crippen LogP contribution in [0.4, 0.5) is 0 Å². The van der Waals surface area contributed by atoms with Crippen LogP contribution in [0.3, 0.4) is 0 Å². The average Bonchev–Trinajstić information content (AvgIpc) is 2.31. The molecule has 2 atom stereocenters. The van der Waals surface area contributed by atoms with E-state index in [9.17, 15) is 0 Å². The largest absolute Gasteiger partial charge is 0.382 e. The summed E-state index contributed by atoms with van der Waals surface area (Å²) in [6, 6.07) is 10.5. The van der Waals surface area contributed by atoms with Gasteiger partial charge in [0.25, 0.3) is 0 Å². The van der Waals surface area contributed by atoms with Crippen LogP contribution >= 0.6 is 0 Å². The van der Waals surface area contributed by atoms with Crippen molar-refractivity contribution in [3.05, 3.63) is 35.9 Å². The van der Waals surface area contributed by atoms with Gasteiger partial charge in [-0.15, -0.1) is 0 Å². The highest BCUT2D eigenvalue weighted by molar-refractivity contribution is 5.18. The van der Waals surface area contributed by atoms with Gasteiger partial charge in [0, 0.05) is 7.11 Å². The van der Waals surface area contributed by atoms with E-state index in [-0.39, 0.29) is 12.1 Å². The molecule has 1 N–H and O–H groups in total. The molecule has 1 rings (SSSR count). The summed E-state index contributed by atoms with van der Waals surface area (Å²) in [5.74, 6) is 0. The number of hydrogen-bond acceptors (Lipinski definition) is 3. The Morgan fingerprint density at radius 2 is 1.88 bits per heavy atom. The van der Waals surface area contributed by atoms with E-state index in [1.807, 2.05) is 32.2 Å². The highest BCUT2D eigenvalue weighted by atomic mass is 16.5. The summed E-state index contributed by atoms with van der Waals surface area (Å²) in [4.78, 5) is 0. The normalized spacial score (nSPS) is 14.7. The molecule has 3 nitrogen and oxygen atoms in total. The van der Waals surface area contributed by atoms with E-state index in [0.29, 0.717) is 13.2 Å². The Bertz CT molecular complexity index is 277. The van der Waals surface area contributed by atoms with Gasteiger partial charge in [0.2, 0.25) is 0 Å². The van der Waals surface area contributed by atoms with Crippen LogP contribution in [0.2, 0.25) is 0 Å². The molecule has 16 heavy (non-hydrogen) atoms. The van der Waals surface area contributed by atoms with Crippen LogP contribution in [0.15, 0.2) is 30.3 Å². The first-order valence-corrected chi connectivity index (χ1v) is 5.60. The maximum absolute atomic E-state index is 5.70. The van der Waals surface area contributed by atoms with Gasteiger partial charge in [-0.05, 0) is 19.5 Å². The Morgan fingerprint density at radius 1 is 1.19 bits per heavy atom. The van der Waals surface area contributed by atoms with Crippen LogP contribution in [-0.4, -0.2) is 33.5 Å². The van der Waals surface area contributed by atoms with Gasteiger partial charge in [-0.3, -0.25) is 0 Å². The third kappa shape index (κ3) is 4.31. The summed E-state index contributed by atoms with van der Waals surface area (Å²) in [7, 11) is 3.63. The molecule has 3 heteroatoms. The Hall–Kier alpha value is -0.900. The van der Waals surface area contributed by atoms with Crippen molar-refractivity contribution in [3.8, 4) is 0 Å². The Kier molecular flexibility index (Phi) is 6.08. The first-order valence-electron chi connectivity index (χ1n) is 5.60. The highest BCUT2D eigenvalue weighted by Crippen LogP contribution is 2.12. The molecule has 1 aromatic carbocycles. The first-order chi connectivity index (χ1) is 7.77. The number of nitrogens with one attached hydrogen (secondary N) is 1. The molecular formula is C13H21NO2. The third-order valence-electron chi connectivity index (χ3n) is 2.50. The predicted octanol–water partition coefficient (Wildman–Crippen LogP) is 2.00. The van der Waals surface area contributed by atoms with Crippen molar-refractivity contribution in [2.75, 3.05) is 27.4 Å². The van der Waals surface area contributed by atoms with Crippen LogP contribution < -0.4 is 5.32 Å². The molecule has 0 aliphatic heterocycles. The number of methoxy groups -OCH3 is 1. The monoisotopic (exact) mass is 223 g/mol. The molecule has 0 aliphatic carbocycles. The lowest BCUT2D eigenvalue weighted by atomic mass is 10.1. The molecule has 90 valence electrons. The van der Waals surface area contributed by atoms with Crippen LogP contribution in [0.1, 0.15) is 18.5 Å². The molecule has 0 aliphatic rings. The van der Waals surface area contributed by atoms with Crippen molar-refractivity contribution >= 4 is 0 Å². The fourth-order valence-corrected chi connectivity index (χ4v) is 1.57. The summed E-state index contributed by atoms with van der Waals surface area (Å²) >= 11 is 0. The zero-order valence-corrected chi connectivity index (χ0v) is 10.3. The van der Waals surface area contributed by atoms with Gasteiger partial charge < -0.3 is 14.8 Å². The molecule has 0 radical (unpaired) electrons. The molecule has 2 unspecified atom stereocenters. The van der Waals surface area contributed by atoms with E-state index in [1.54, 1.807) is 7.11 Å². The van der Waals surface area contributed by atoms with Crippen molar-refractivity contribution in [2.24, 2.45) is 0 Å². The Balaban J connectivity index is 2.44. The summed E-state index contributed by atoms with van der Waals surface area (Å²) < 4.78 is 10.7. The van der Waals surface area contributed by atoms with E-state index in [4.69, 9.17) is 9.47 Å². The van der Waals surface area contributed by atoms with Crippen LogP contribution in [0.5, 0.6) is 0 Å². The molecule has 0 bridgehead atoms. The van der Waals surface area contributed by atoms with E-state index in [2.05, 4.69) is 17.4 Å². The van der Waals surface area contributed by atoms with Crippen LogP contribution in [0, 0.1) is 0 Å². The van der Waals surface area contributed by atoms with Gasteiger partial charge in [0.1, 0.15) is 0 Å². The fraction of sp³-hybridized carbons (Fsp3) is 0.538. The molecule has 0 saturated heterocycles. The van der Waals surface area contributed by atoms with Crippen LogP contribution in [-0.2, 0) is 9.47 Å². The maximum atomic E-state index is 5.70. The molecule has 0 aromatic heterocycles. The third-order valence-corrected chi connectivity index (χ3v) is 2.50. The minimum Gasteiger partial charge on any atom is -0.382 e. The number of benzene rings is 1. The second-order valence-corrected chi connectivity index (χ2v) is 3.85. The average molecular weight is 223 g/mol. The lowest BCUT2D eigenvalue weighted by Crippen LogP contribution is -2.25. The van der Waals surface area contributed by atoms with Crippen molar-refractivity contribution in [1.29, 1.82) is 0 Å². The minimum atomic E-state index is 0.129. The van der Waals surface area contributed by atoms with Gasteiger partial charge >= 0.3 is 0 Å². The van der Waals surface area contributed by atoms with E-state index in [1.165, 1.54) is 5.56 Å². The SMILES string of the molecule is CNC(COC(C)COC)c1ccccc1. The van der Waals surface area contributed by atoms with Crippen LogP contribution in [0.25, 0.3) is 0 Å². The second kappa shape index (κ2) is 7.39. The summed E-state index contributed by atoms with van der Waals surface area (Å²) in [6.07, 6.45) is 0.129. The smallest absolute Gasteiger partial charge is 0.0781 e. The molecule has 0 heterocycles. The highest BCUT2D eigenvalue weighted by Gasteiger charge is 2.10. The number of ether oxygens (including phenoxy) is 2. The summed E-state index contributed by atoms with van der Waals surface area (Å²) in [5, 5.41) is 3.25. The second-order valence-electron chi connectivity index (χ2n) is 3.85. The number of likely N-dealkylation sites (N-methyl/N-ethyl adjacent to an activating group) is 1. The molecule has 0 spiro atoms. The topological polar surface area (TPSA) is 30.5 Å². The maximum Gasteiger partial charge on any atom is 0.0781 e. The zero-order valence-electron chi connectivity index (χ0n) is 10.3. The first kappa shape index (κ1) is 13.2. The Morgan fingerprint density at radius 3 is 2.44 bits per heavy atom. The molecular weight excluding hydrogens is 202 g/mol. The summed E-state index contributed by atoms with van der Waals surface area (Å²) in [6.45, 7) is 3.30. The summed E-state index contributed by atoms with van der Waals surface area (Å²) in [5.41, 5.74) is 1.25. The molecule has 0 fully saturated rings. The quantitative estimate of drug-likeness (QED) is 0.767. The van der Waals surface area contributed by atoms with E-state index in [0.717, 1.165) is 0 Å². The predicted molar refractivity (Wildman–Crippen MR) is 65.5 cm³/mol. The van der Waals surface area contributed by atoms with Gasteiger partial charge in [0.15, 0.2) is 0 Å². The van der Waals surface area contributed by atoms with Crippen molar-refractivity contribution in [3.63, 3.8) is 0 Å². The zero-order chi connectivity index (χ0) is 11.8. The van der Waals surface area contributed by atoms with Gasteiger partial charge in [-0.2, -0.15) is 0 Å². The van der Waals surface area contributed by atoms with Crippen molar-refractivity contribution < 1.29 is 9.47 Å². The molecule has 1 aromatic rings. The standard InChI is InChI=1S/C13H21NO2/c1-11(9-15-3)16-10-13(14-2)12-7-5-4-6-8-12/h4-8,11,13-14H,9-10H2,1-3H3. The molecule has 0 saturated carbocycles. The van der Waals surface area contributed by atoms with E-state index >= 15 is 0 Å². The lowest BCUT2D eigenvalue weighted by molar-refractivity contribution is 0.000211. The minimum absolute atomic E-state index is 0.129. The van der Waals surface area contributed by atoms with Crippen molar-refractivity contribution in [2.45, 2.75) is 19.1 Å². The Labute approximate surface area is 97.8 Å². The number of rotatable bonds is 7. The lowest BCUT2D eigenvalue weighted by Gasteiger charge is -2.19. The van der Waals surface area contributed by atoms with Gasteiger partial charge in [-0.1, -0.05) is 30.3 Å². The number of hydrogen-bond donors (Lipinski definition) is 1.